The molecule has 0 aromatic heterocycles. The number of anilines is 2. The van der Waals surface area contributed by atoms with Gasteiger partial charge in [0.2, 0.25) is 5.91 Å². The molecule has 8 heteroatoms. The molecule has 0 bridgehead atoms. The van der Waals surface area contributed by atoms with Gasteiger partial charge in [0.25, 0.3) is 10.0 Å². The normalized spacial score (nSPS) is 17.2. The fourth-order valence-electron chi connectivity index (χ4n) is 2.47. The molecule has 1 aliphatic rings. The number of amides is 1. The van der Waals surface area contributed by atoms with Crippen LogP contribution >= 0.6 is 11.8 Å². The van der Waals surface area contributed by atoms with Crippen LogP contribution in [-0.2, 0) is 14.8 Å². The molecule has 0 saturated carbocycles. The second-order valence-corrected chi connectivity index (χ2v) is 8.84. The molecule has 0 aliphatic carbocycles. The van der Waals surface area contributed by atoms with Crippen molar-refractivity contribution in [2.45, 2.75) is 28.4 Å². The number of benzene rings is 2. The Morgan fingerprint density at radius 3 is 2.60 bits per heavy atom. The molecule has 25 heavy (non-hydrogen) atoms. The summed E-state index contributed by atoms with van der Waals surface area (Å²) in [6.45, 7) is 1.97. The minimum atomic E-state index is -3.76. The van der Waals surface area contributed by atoms with Crippen molar-refractivity contribution < 1.29 is 17.9 Å². The van der Waals surface area contributed by atoms with Crippen LogP contribution in [0.2, 0.25) is 0 Å². The van der Waals surface area contributed by atoms with E-state index in [2.05, 4.69) is 10.0 Å². The number of rotatable bonds is 4. The van der Waals surface area contributed by atoms with Gasteiger partial charge in [-0.3, -0.25) is 9.52 Å². The van der Waals surface area contributed by atoms with Crippen LogP contribution in [0.4, 0.5) is 11.4 Å². The van der Waals surface area contributed by atoms with Crippen molar-refractivity contribution in [2.24, 2.45) is 0 Å². The van der Waals surface area contributed by atoms with Gasteiger partial charge in [0.15, 0.2) is 0 Å². The highest BCUT2D eigenvalue weighted by molar-refractivity contribution is 8.00. The number of ether oxygens (including phenoxy) is 1. The molecule has 1 amide bonds. The zero-order valence-electron chi connectivity index (χ0n) is 13.8. The number of carbonyl (C=O) groups excluding carboxylic acids is 1. The average Bonchev–Trinajstić information content (AvgIpc) is 2.70. The van der Waals surface area contributed by atoms with Crippen molar-refractivity contribution in [3.63, 3.8) is 0 Å². The summed E-state index contributed by atoms with van der Waals surface area (Å²) >= 11 is 1.55. The van der Waals surface area contributed by atoms with Gasteiger partial charge in [-0.2, -0.15) is 0 Å². The summed E-state index contributed by atoms with van der Waals surface area (Å²) in [7, 11) is -2.22. The van der Waals surface area contributed by atoms with Gasteiger partial charge < -0.3 is 10.1 Å². The molecule has 2 aromatic carbocycles. The molecule has 0 radical (unpaired) electrons. The lowest BCUT2D eigenvalue weighted by Gasteiger charge is -2.12. The standard InChI is InChI=1S/C17H18N2O4S2/c1-11-9-17(20)18-15-10-14(7-8-16(15)24-11)25(21,22)19-12-3-5-13(23-2)6-4-12/h3-8,10-11,19H,9H2,1-2H3,(H,18,20)/t11-/m1/s1. The summed E-state index contributed by atoms with van der Waals surface area (Å²) in [4.78, 5) is 12.8. The van der Waals surface area contributed by atoms with Crippen molar-refractivity contribution in [1.82, 2.24) is 0 Å². The van der Waals surface area contributed by atoms with Crippen molar-refractivity contribution >= 4 is 39.1 Å². The van der Waals surface area contributed by atoms with E-state index in [1.807, 2.05) is 6.92 Å². The molecule has 0 fully saturated rings. The smallest absolute Gasteiger partial charge is 0.261 e. The first-order valence-electron chi connectivity index (χ1n) is 7.65. The SMILES string of the molecule is COc1ccc(NS(=O)(=O)c2ccc3c(c2)NC(=O)C[C@@H](C)S3)cc1. The summed E-state index contributed by atoms with van der Waals surface area (Å²) in [6.07, 6.45) is 0.394. The molecule has 0 unspecified atom stereocenters. The van der Waals surface area contributed by atoms with E-state index in [0.717, 1.165) is 4.90 Å². The van der Waals surface area contributed by atoms with Crippen molar-refractivity contribution in [1.29, 1.82) is 0 Å². The Labute approximate surface area is 151 Å². The Kier molecular flexibility index (Phi) is 4.91. The molecular weight excluding hydrogens is 360 g/mol. The van der Waals surface area contributed by atoms with Gasteiger partial charge in [-0.25, -0.2) is 8.42 Å². The van der Waals surface area contributed by atoms with E-state index in [0.29, 0.717) is 23.5 Å². The summed E-state index contributed by atoms with van der Waals surface area (Å²) in [6, 6.07) is 11.4. The number of sulfonamides is 1. The molecule has 1 atom stereocenters. The number of fused-ring (bicyclic) bond motifs is 1. The second kappa shape index (κ2) is 6.97. The maximum absolute atomic E-state index is 12.6. The average molecular weight is 378 g/mol. The number of nitrogens with one attached hydrogen (secondary N) is 2. The zero-order chi connectivity index (χ0) is 18.0. The van der Waals surface area contributed by atoms with E-state index < -0.39 is 10.0 Å². The molecule has 3 rings (SSSR count). The lowest BCUT2D eigenvalue weighted by atomic mass is 10.3. The van der Waals surface area contributed by atoms with Gasteiger partial charge in [0, 0.05) is 22.3 Å². The highest BCUT2D eigenvalue weighted by Crippen LogP contribution is 2.36. The van der Waals surface area contributed by atoms with E-state index in [9.17, 15) is 13.2 Å². The van der Waals surface area contributed by atoms with E-state index in [1.54, 1.807) is 55.3 Å². The van der Waals surface area contributed by atoms with E-state index in [1.165, 1.54) is 6.07 Å². The number of hydrogen-bond acceptors (Lipinski definition) is 5. The molecule has 1 aliphatic heterocycles. The van der Waals surface area contributed by atoms with Crippen LogP contribution in [0.15, 0.2) is 52.3 Å². The lowest BCUT2D eigenvalue weighted by molar-refractivity contribution is -0.116. The topological polar surface area (TPSA) is 84.5 Å². The molecule has 0 spiro atoms. The van der Waals surface area contributed by atoms with Gasteiger partial charge in [-0.15, -0.1) is 11.8 Å². The first-order chi connectivity index (χ1) is 11.9. The van der Waals surface area contributed by atoms with Crippen LogP contribution < -0.4 is 14.8 Å². The van der Waals surface area contributed by atoms with Crippen LogP contribution in [0.5, 0.6) is 5.75 Å². The molecule has 132 valence electrons. The van der Waals surface area contributed by atoms with Gasteiger partial charge in [0.1, 0.15) is 5.75 Å². The summed E-state index contributed by atoms with van der Waals surface area (Å²) in [5.74, 6) is 0.526. The minimum Gasteiger partial charge on any atom is -0.497 e. The third-order valence-electron chi connectivity index (χ3n) is 3.68. The molecule has 0 saturated heterocycles. The second-order valence-electron chi connectivity index (χ2n) is 5.67. The highest BCUT2D eigenvalue weighted by Gasteiger charge is 2.22. The van der Waals surface area contributed by atoms with Crippen LogP contribution in [-0.4, -0.2) is 26.7 Å². The first kappa shape index (κ1) is 17.6. The summed E-state index contributed by atoms with van der Waals surface area (Å²) in [5, 5.41) is 2.92. The van der Waals surface area contributed by atoms with Crippen LogP contribution in [0, 0.1) is 0 Å². The molecule has 1 heterocycles. The predicted octanol–water partition coefficient (Wildman–Crippen LogP) is 3.32. The fourth-order valence-corrected chi connectivity index (χ4v) is 4.61. The number of carbonyl (C=O) groups is 1. The quantitative estimate of drug-likeness (QED) is 0.853. The Bertz CT molecular complexity index is 895. The number of methoxy groups -OCH3 is 1. The van der Waals surface area contributed by atoms with Gasteiger partial charge >= 0.3 is 0 Å². The van der Waals surface area contributed by atoms with E-state index >= 15 is 0 Å². The van der Waals surface area contributed by atoms with Crippen molar-refractivity contribution in [3.05, 3.63) is 42.5 Å². The Morgan fingerprint density at radius 2 is 1.92 bits per heavy atom. The van der Waals surface area contributed by atoms with Crippen LogP contribution in [0.1, 0.15) is 13.3 Å². The maximum atomic E-state index is 12.6. The third-order valence-corrected chi connectivity index (χ3v) is 6.24. The molecule has 2 N–H and O–H groups in total. The van der Waals surface area contributed by atoms with Gasteiger partial charge in [-0.1, -0.05) is 6.92 Å². The van der Waals surface area contributed by atoms with Gasteiger partial charge in [-0.05, 0) is 42.5 Å². The first-order valence-corrected chi connectivity index (χ1v) is 10.0. The molecule has 2 aromatic rings. The summed E-state index contributed by atoms with van der Waals surface area (Å²) in [5.41, 5.74) is 0.958. The minimum absolute atomic E-state index is 0.0949. The fraction of sp³-hybridized carbons (Fsp3) is 0.235. The van der Waals surface area contributed by atoms with Crippen LogP contribution in [0.3, 0.4) is 0 Å². The largest absolute Gasteiger partial charge is 0.497 e. The Morgan fingerprint density at radius 1 is 1.20 bits per heavy atom. The monoisotopic (exact) mass is 378 g/mol. The van der Waals surface area contributed by atoms with Crippen molar-refractivity contribution in [2.75, 3.05) is 17.1 Å². The number of thioether (sulfide) groups is 1. The van der Waals surface area contributed by atoms with Crippen molar-refractivity contribution in [3.8, 4) is 5.75 Å². The Hall–Kier alpha value is -2.19. The molecule has 6 nitrogen and oxygen atoms in total. The van der Waals surface area contributed by atoms with E-state index in [-0.39, 0.29) is 16.1 Å². The third kappa shape index (κ3) is 4.08. The summed E-state index contributed by atoms with van der Waals surface area (Å²) < 4.78 is 32.8. The van der Waals surface area contributed by atoms with E-state index in [4.69, 9.17) is 4.74 Å². The maximum Gasteiger partial charge on any atom is 0.261 e. The Balaban J connectivity index is 1.88. The van der Waals surface area contributed by atoms with Gasteiger partial charge in [0.05, 0.1) is 17.7 Å². The van der Waals surface area contributed by atoms with Crippen LogP contribution in [0.25, 0.3) is 0 Å². The lowest BCUT2D eigenvalue weighted by Crippen LogP contribution is -2.15. The highest BCUT2D eigenvalue weighted by atomic mass is 32.2. The zero-order valence-corrected chi connectivity index (χ0v) is 15.4. The predicted molar refractivity (Wildman–Crippen MR) is 98.8 cm³/mol. The molecular formula is C17H18N2O4S2. The number of hydrogen-bond donors (Lipinski definition) is 2.